The Morgan fingerprint density at radius 3 is 2.81 bits per heavy atom. The van der Waals surface area contributed by atoms with E-state index in [1.807, 2.05) is 0 Å². The number of esters is 1. The van der Waals surface area contributed by atoms with Crippen molar-refractivity contribution in [2.45, 2.75) is 19.9 Å². The first-order valence-electron chi connectivity index (χ1n) is 6.46. The molecular formula is C12H20N4O4S. The maximum Gasteiger partial charge on any atom is 0.344 e. The molecular weight excluding hydrogens is 296 g/mol. The van der Waals surface area contributed by atoms with Gasteiger partial charge in [-0.25, -0.2) is 4.79 Å². The first-order valence-corrected chi connectivity index (χ1v) is 7.24. The summed E-state index contributed by atoms with van der Waals surface area (Å²) in [6, 6.07) is -0.546. The molecule has 1 rings (SSSR count). The van der Waals surface area contributed by atoms with E-state index in [0.717, 1.165) is 11.5 Å². The van der Waals surface area contributed by atoms with E-state index < -0.39 is 12.0 Å². The standard InChI is InChI=1S/C12H20N4O4S/c1-4-20-12(18)8-9(13)16-21-11(8)15-7(2)10(17)14-5-6-19-3/h7,15H,4-6H2,1-3H3,(H2,13,16)(H,14,17). The zero-order chi connectivity index (χ0) is 15.8. The average molecular weight is 316 g/mol. The molecule has 9 heteroatoms. The van der Waals surface area contributed by atoms with Gasteiger partial charge < -0.3 is 25.8 Å². The molecule has 0 spiro atoms. The molecule has 0 aromatic carbocycles. The second kappa shape index (κ2) is 8.42. The van der Waals surface area contributed by atoms with Gasteiger partial charge in [0, 0.05) is 13.7 Å². The summed E-state index contributed by atoms with van der Waals surface area (Å²) >= 11 is 1.01. The molecule has 8 nitrogen and oxygen atoms in total. The molecule has 0 saturated carbocycles. The fourth-order valence-corrected chi connectivity index (χ4v) is 2.28. The number of amides is 1. The van der Waals surface area contributed by atoms with Crippen molar-refractivity contribution >= 4 is 34.2 Å². The van der Waals surface area contributed by atoms with Crippen molar-refractivity contribution < 1.29 is 19.1 Å². The Labute approximate surface area is 127 Å². The molecule has 0 aliphatic heterocycles. The van der Waals surface area contributed by atoms with E-state index in [2.05, 4.69) is 15.0 Å². The number of hydrogen-bond acceptors (Lipinski definition) is 8. The number of hydrogen-bond donors (Lipinski definition) is 3. The summed E-state index contributed by atoms with van der Waals surface area (Å²) < 4.78 is 13.7. The van der Waals surface area contributed by atoms with Crippen LogP contribution in [0, 0.1) is 0 Å². The van der Waals surface area contributed by atoms with Crippen molar-refractivity contribution in [2.75, 3.05) is 37.9 Å². The van der Waals surface area contributed by atoms with Gasteiger partial charge in [0.25, 0.3) is 0 Å². The van der Waals surface area contributed by atoms with Gasteiger partial charge >= 0.3 is 5.97 Å². The zero-order valence-corrected chi connectivity index (χ0v) is 13.1. The number of nitrogens with zero attached hydrogens (tertiary/aromatic N) is 1. The molecule has 118 valence electrons. The molecule has 21 heavy (non-hydrogen) atoms. The minimum absolute atomic E-state index is 0.0907. The molecule has 0 radical (unpaired) electrons. The van der Waals surface area contributed by atoms with Crippen LogP contribution >= 0.6 is 11.5 Å². The Morgan fingerprint density at radius 2 is 2.19 bits per heavy atom. The highest BCUT2D eigenvalue weighted by atomic mass is 32.1. The number of aromatic nitrogens is 1. The monoisotopic (exact) mass is 316 g/mol. The number of nitrogen functional groups attached to an aromatic ring is 1. The molecule has 1 aromatic heterocycles. The summed E-state index contributed by atoms with van der Waals surface area (Å²) in [4.78, 5) is 23.7. The van der Waals surface area contributed by atoms with E-state index in [-0.39, 0.29) is 23.9 Å². The van der Waals surface area contributed by atoms with Gasteiger partial charge in [0.2, 0.25) is 5.91 Å². The summed E-state index contributed by atoms with van der Waals surface area (Å²) in [5.41, 5.74) is 5.83. The molecule has 1 amide bonds. The molecule has 1 atom stereocenters. The fourth-order valence-electron chi connectivity index (χ4n) is 1.49. The van der Waals surface area contributed by atoms with Crippen LogP contribution in [0.15, 0.2) is 0 Å². The molecule has 0 aliphatic carbocycles. The van der Waals surface area contributed by atoms with E-state index >= 15 is 0 Å². The quantitative estimate of drug-likeness (QED) is 0.471. The second-order valence-corrected chi connectivity index (χ2v) is 4.92. The minimum Gasteiger partial charge on any atom is -0.462 e. The highest BCUT2D eigenvalue weighted by Gasteiger charge is 2.23. The summed E-state index contributed by atoms with van der Waals surface area (Å²) in [7, 11) is 1.56. The summed E-state index contributed by atoms with van der Waals surface area (Å²) in [5, 5.41) is 6.03. The predicted molar refractivity (Wildman–Crippen MR) is 80.5 cm³/mol. The fraction of sp³-hybridized carbons (Fsp3) is 0.583. The topological polar surface area (TPSA) is 116 Å². The van der Waals surface area contributed by atoms with Crippen molar-refractivity contribution in [3.8, 4) is 0 Å². The van der Waals surface area contributed by atoms with Crippen molar-refractivity contribution in [3.63, 3.8) is 0 Å². The van der Waals surface area contributed by atoms with Gasteiger partial charge in [0.15, 0.2) is 5.82 Å². The Kier molecular flexibility index (Phi) is 6.89. The number of anilines is 2. The van der Waals surface area contributed by atoms with Crippen LogP contribution in [0.1, 0.15) is 24.2 Å². The van der Waals surface area contributed by atoms with Crippen LogP contribution in [-0.4, -0.2) is 49.2 Å². The summed E-state index contributed by atoms with van der Waals surface area (Å²) in [6.45, 7) is 4.46. The lowest BCUT2D eigenvalue weighted by atomic mass is 10.2. The lowest BCUT2D eigenvalue weighted by Gasteiger charge is -2.14. The Morgan fingerprint density at radius 1 is 1.48 bits per heavy atom. The van der Waals surface area contributed by atoms with Gasteiger partial charge in [-0.3, -0.25) is 4.79 Å². The highest BCUT2D eigenvalue weighted by Crippen LogP contribution is 2.28. The number of ether oxygens (including phenoxy) is 2. The van der Waals surface area contributed by atoms with E-state index in [1.165, 1.54) is 0 Å². The highest BCUT2D eigenvalue weighted by molar-refractivity contribution is 7.11. The van der Waals surface area contributed by atoms with Crippen LogP contribution in [0.3, 0.4) is 0 Å². The maximum atomic E-state index is 11.8. The molecule has 0 saturated heterocycles. The van der Waals surface area contributed by atoms with Gasteiger partial charge in [-0.05, 0) is 25.4 Å². The van der Waals surface area contributed by atoms with Crippen molar-refractivity contribution in [1.82, 2.24) is 9.69 Å². The van der Waals surface area contributed by atoms with Gasteiger partial charge in [-0.15, -0.1) is 0 Å². The normalized spacial score (nSPS) is 11.8. The third kappa shape index (κ3) is 4.87. The van der Waals surface area contributed by atoms with Crippen LogP contribution in [0.5, 0.6) is 0 Å². The molecule has 0 fully saturated rings. The smallest absolute Gasteiger partial charge is 0.344 e. The van der Waals surface area contributed by atoms with Gasteiger partial charge in [-0.2, -0.15) is 4.37 Å². The number of carbonyl (C=O) groups excluding carboxylic acids is 2. The zero-order valence-electron chi connectivity index (χ0n) is 12.3. The third-order valence-electron chi connectivity index (χ3n) is 2.54. The second-order valence-electron chi connectivity index (χ2n) is 4.14. The van der Waals surface area contributed by atoms with E-state index in [4.69, 9.17) is 15.2 Å². The molecule has 0 aliphatic rings. The van der Waals surface area contributed by atoms with E-state index in [9.17, 15) is 9.59 Å². The lowest BCUT2D eigenvalue weighted by Crippen LogP contribution is -2.39. The van der Waals surface area contributed by atoms with Crippen LogP contribution < -0.4 is 16.4 Å². The Hall–Kier alpha value is -1.87. The average Bonchev–Trinajstić information content (AvgIpc) is 2.80. The van der Waals surface area contributed by atoms with Crippen LogP contribution in [0.2, 0.25) is 0 Å². The molecule has 1 aromatic rings. The number of nitrogens with one attached hydrogen (secondary N) is 2. The minimum atomic E-state index is -0.557. The van der Waals surface area contributed by atoms with E-state index in [1.54, 1.807) is 21.0 Å². The Bertz CT molecular complexity index is 492. The van der Waals surface area contributed by atoms with Crippen LogP contribution in [-0.2, 0) is 14.3 Å². The third-order valence-corrected chi connectivity index (χ3v) is 3.34. The number of carbonyl (C=O) groups is 2. The maximum absolute atomic E-state index is 11.8. The van der Waals surface area contributed by atoms with Crippen LogP contribution in [0.4, 0.5) is 10.8 Å². The molecule has 4 N–H and O–H groups in total. The first kappa shape index (κ1) is 17.2. The van der Waals surface area contributed by atoms with Crippen molar-refractivity contribution in [2.24, 2.45) is 0 Å². The Balaban J connectivity index is 2.70. The van der Waals surface area contributed by atoms with Crippen LogP contribution in [0.25, 0.3) is 0 Å². The van der Waals surface area contributed by atoms with Crippen molar-refractivity contribution in [1.29, 1.82) is 0 Å². The lowest BCUT2D eigenvalue weighted by molar-refractivity contribution is -0.121. The van der Waals surface area contributed by atoms with Gasteiger partial charge in [0.1, 0.15) is 16.6 Å². The molecule has 1 heterocycles. The SMILES string of the molecule is CCOC(=O)c1c(N)nsc1NC(C)C(=O)NCCOC. The van der Waals surface area contributed by atoms with E-state index in [0.29, 0.717) is 18.2 Å². The van der Waals surface area contributed by atoms with Gasteiger partial charge in [0.05, 0.1) is 13.2 Å². The van der Waals surface area contributed by atoms with Gasteiger partial charge in [-0.1, -0.05) is 0 Å². The molecule has 0 bridgehead atoms. The first-order chi connectivity index (χ1) is 10.0. The molecule has 1 unspecified atom stereocenters. The number of nitrogens with two attached hydrogens (primary N) is 1. The number of methoxy groups -OCH3 is 1. The number of rotatable bonds is 8. The van der Waals surface area contributed by atoms with Crippen molar-refractivity contribution in [3.05, 3.63) is 5.56 Å². The predicted octanol–water partition coefficient (Wildman–Crippen LogP) is 0.465. The summed E-state index contributed by atoms with van der Waals surface area (Å²) in [6.07, 6.45) is 0. The largest absolute Gasteiger partial charge is 0.462 e. The summed E-state index contributed by atoms with van der Waals surface area (Å²) in [5.74, 6) is -0.681.